The molecule has 3 amide bonds. The molecule has 7 nitrogen and oxygen atoms in total. The van der Waals surface area contributed by atoms with Crippen molar-refractivity contribution in [1.29, 1.82) is 0 Å². The van der Waals surface area contributed by atoms with Crippen molar-refractivity contribution in [3.63, 3.8) is 0 Å². The van der Waals surface area contributed by atoms with Gasteiger partial charge in [-0.2, -0.15) is 0 Å². The molecule has 1 aromatic carbocycles. The number of primary amides is 1. The minimum absolute atomic E-state index is 0.0282. The predicted octanol–water partition coefficient (Wildman–Crippen LogP) is 0.623. The van der Waals surface area contributed by atoms with Crippen LogP contribution in [-0.4, -0.2) is 53.7 Å². The highest BCUT2D eigenvalue weighted by Crippen LogP contribution is 2.18. The lowest BCUT2D eigenvalue weighted by molar-refractivity contribution is -0.128. The molecule has 7 heteroatoms. The first-order valence-corrected chi connectivity index (χ1v) is 9.66. The molecule has 2 heterocycles. The van der Waals surface area contributed by atoms with Crippen molar-refractivity contribution < 1.29 is 14.4 Å². The fraction of sp³-hybridized carbons (Fsp3) is 0.550. The number of carbonyl (C=O) groups excluding carboxylic acids is 3. The second-order valence-electron chi connectivity index (χ2n) is 7.42. The lowest BCUT2D eigenvalue weighted by Gasteiger charge is -2.29. The van der Waals surface area contributed by atoms with Crippen LogP contribution in [0.25, 0.3) is 0 Å². The van der Waals surface area contributed by atoms with Gasteiger partial charge in [0.15, 0.2) is 0 Å². The lowest BCUT2D eigenvalue weighted by atomic mass is 9.96. The third-order valence-corrected chi connectivity index (χ3v) is 5.48. The Balaban J connectivity index is 1.48. The smallest absolute Gasteiger partial charge is 0.234 e. The molecule has 2 aliphatic rings. The number of nitrogens with two attached hydrogens (primary N) is 1. The van der Waals surface area contributed by atoms with E-state index in [4.69, 9.17) is 5.73 Å². The summed E-state index contributed by atoms with van der Waals surface area (Å²) in [5.74, 6) is -0.135. The monoisotopic (exact) mass is 372 g/mol. The van der Waals surface area contributed by atoms with Gasteiger partial charge in [-0.15, -0.1) is 0 Å². The van der Waals surface area contributed by atoms with Gasteiger partial charge in [-0.3, -0.25) is 19.3 Å². The Labute approximate surface area is 159 Å². The normalized spacial score (nSPS) is 18.7. The summed E-state index contributed by atoms with van der Waals surface area (Å²) in [5, 5.41) is 2.98. The Morgan fingerprint density at radius 1 is 1.11 bits per heavy atom. The van der Waals surface area contributed by atoms with E-state index in [1.807, 2.05) is 29.2 Å². The number of hydrogen-bond donors (Lipinski definition) is 2. The van der Waals surface area contributed by atoms with Gasteiger partial charge in [0, 0.05) is 32.0 Å². The van der Waals surface area contributed by atoms with Crippen molar-refractivity contribution in [3.8, 4) is 0 Å². The minimum Gasteiger partial charge on any atom is -0.369 e. The quantitative estimate of drug-likeness (QED) is 0.733. The SMILES string of the molecule is NC(=O)C1CCN(CC(=O)NCc2ccccc2CN2CCCC2=O)CC1. The van der Waals surface area contributed by atoms with Gasteiger partial charge >= 0.3 is 0 Å². The molecule has 1 aromatic rings. The van der Waals surface area contributed by atoms with E-state index in [0.717, 1.165) is 36.9 Å². The average Bonchev–Trinajstić information content (AvgIpc) is 3.06. The second-order valence-corrected chi connectivity index (χ2v) is 7.42. The molecule has 3 rings (SSSR count). The molecule has 0 atom stereocenters. The number of nitrogens with one attached hydrogen (secondary N) is 1. The topological polar surface area (TPSA) is 95.7 Å². The highest BCUT2D eigenvalue weighted by atomic mass is 16.2. The molecule has 0 unspecified atom stereocenters. The Hall–Kier alpha value is -2.41. The molecule has 3 N–H and O–H groups in total. The van der Waals surface area contributed by atoms with E-state index in [1.165, 1.54) is 0 Å². The number of rotatable bonds is 7. The number of hydrogen-bond acceptors (Lipinski definition) is 4. The van der Waals surface area contributed by atoms with Crippen LogP contribution in [0.5, 0.6) is 0 Å². The average molecular weight is 372 g/mol. The molecule has 146 valence electrons. The van der Waals surface area contributed by atoms with Crippen LogP contribution < -0.4 is 11.1 Å². The summed E-state index contributed by atoms with van der Waals surface area (Å²) in [5.41, 5.74) is 7.46. The fourth-order valence-corrected chi connectivity index (χ4v) is 3.79. The summed E-state index contributed by atoms with van der Waals surface area (Å²) in [6.07, 6.45) is 2.99. The van der Waals surface area contributed by atoms with Crippen molar-refractivity contribution in [1.82, 2.24) is 15.1 Å². The highest BCUT2D eigenvalue weighted by molar-refractivity contribution is 5.79. The summed E-state index contributed by atoms with van der Waals surface area (Å²) < 4.78 is 0. The molecular weight excluding hydrogens is 344 g/mol. The van der Waals surface area contributed by atoms with Crippen molar-refractivity contribution in [2.45, 2.75) is 38.8 Å². The fourth-order valence-electron chi connectivity index (χ4n) is 3.79. The summed E-state index contributed by atoms with van der Waals surface area (Å²) >= 11 is 0. The van der Waals surface area contributed by atoms with Crippen molar-refractivity contribution in [2.75, 3.05) is 26.2 Å². The van der Waals surface area contributed by atoms with Crippen LogP contribution in [0.2, 0.25) is 0 Å². The van der Waals surface area contributed by atoms with E-state index < -0.39 is 0 Å². The number of carbonyl (C=O) groups is 3. The van der Waals surface area contributed by atoms with Crippen LogP contribution in [0.3, 0.4) is 0 Å². The summed E-state index contributed by atoms with van der Waals surface area (Å²) in [6.45, 7) is 3.63. The van der Waals surface area contributed by atoms with Crippen LogP contribution >= 0.6 is 0 Å². The zero-order valence-corrected chi connectivity index (χ0v) is 15.7. The molecule has 0 spiro atoms. The van der Waals surface area contributed by atoms with Gasteiger partial charge in [0.2, 0.25) is 17.7 Å². The van der Waals surface area contributed by atoms with Gasteiger partial charge in [-0.25, -0.2) is 0 Å². The minimum atomic E-state index is -0.243. The first kappa shape index (κ1) is 19.4. The summed E-state index contributed by atoms with van der Waals surface area (Å²) in [6, 6.07) is 7.92. The van der Waals surface area contributed by atoms with Gasteiger partial charge in [0.1, 0.15) is 0 Å². The van der Waals surface area contributed by atoms with Crippen molar-refractivity contribution in [2.24, 2.45) is 11.7 Å². The molecular formula is C20H28N4O3. The molecule has 0 radical (unpaired) electrons. The first-order chi connectivity index (χ1) is 13.0. The predicted molar refractivity (Wildman–Crippen MR) is 101 cm³/mol. The second kappa shape index (κ2) is 8.99. The molecule has 0 saturated carbocycles. The van der Waals surface area contributed by atoms with Gasteiger partial charge in [-0.1, -0.05) is 24.3 Å². The van der Waals surface area contributed by atoms with E-state index in [1.54, 1.807) is 0 Å². The molecule has 2 fully saturated rings. The summed E-state index contributed by atoms with van der Waals surface area (Å²) in [7, 11) is 0. The third kappa shape index (κ3) is 5.29. The van der Waals surface area contributed by atoms with Gasteiger partial charge in [-0.05, 0) is 43.5 Å². The Kier molecular flexibility index (Phi) is 6.45. The number of benzene rings is 1. The zero-order valence-electron chi connectivity index (χ0n) is 15.7. The molecule has 0 aliphatic carbocycles. The van der Waals surface area contributed by atoms with E-state index in [-0.39, 0.29) is 23.6 Å². The number of amides is 3. The molecule has 0 aromatic heterocycles. The molecule has 2 saturated heterocycles. The van der Waals surface area contributed by atoms with E-state index in [2.05, 4.69) is 10.2 Å². The first-order valence-electron chi connectivity index (χ1n) is 9.66. The van der Waals surface area contributed by atoms with Crippen LogP contribution in [0.15, 0.2) is 24.3 Å². The third-order valence-electron chi connectivity index (χ3n) is 5.48. The Bertz CT molecular complexity index is 698. The maximum atomic E-state index is 12.3. The standard InChI is InChI=1S/C20H28N4O3/c21-20(27)15-7-10-23(11-8-15)14-18(25)22-12-16-4-1-2-5-17(16)13-24-9-3-6-19(24)26/h1-2,4-5,15H,3,6-14H2,(H2,21,27)(H,22,25). The Morgan fingerprint density at radius 2 is 1.81 bits per heavy atom. The zero-order chi connectivity index (χ0) is 19.2. The van der Waals surface area contributed by atoms with Crippen molar-refractivity contribution in [3.05, 3.63) is 35.4 Å². The van der Waals surface area contributed by atoms with Gasteiger partial charge < -0.3 is 16.0 Å². The van der Waals surface area contributed by atoms with Crippen LogP contribution in [0.4, 0.5) is 0 Å². The van der Waals surface area contributed by atoms with Crippen LogP contribution in [-0.2, 0) is 27.5 Å². The van der Waals surface area contributed by atoms with Crippen molar-refractivity contribution >= 4 is 17.7 Å². The van der Waals surface area contributed by atoms with E-state index >= 15 is 0 Å². The number of nitrogens with zero attached hydrogens (tertiary/aromatic N) is 2. The highest BCUT2D eigenvalue weighted by Gasteiger charge is 2.24. The number of likely N-dealkylation sites (tertiary alicyclic amines) is 2. The molecule has 27 heavy (non-hydrogen) atoms. The maximum Gasteiger partial charge on any atom is 0.234 e. The maximum absolute atomic E-state index is 12.3. The van der Waals surface area contributed by atoms with Gasteiger partial charge in [0.25, 0.3) is 0 Å². The molecule has 0 bridgehead atoms. The summed E-state index contributed by atoms with van der Waals surface area (Å²) in [4.78, 5) is 39.3. The van der Waals surface area contributed by atoms with E-state index in [9.17, 15) is 14.4 Å². The molecule has 2 aliphatic heterocycles. The van der Waals surface area contributed by atoms with Crippen LogP contribution in [0, 0.1) is 5.92 Å². The largest absolute Gasteiger partial charge is 0.369 e. The lowest BCUT2D eigenvalue weighted by Crippen LogP contribution is -2.43. The van der Waals surface area contributed by atoms with Crippen LogP contribution in [0.1, 0.15) is 36.8 Å². The van der Waals surface area contributed by atoms with E-state index in [0.29, 0.717) is 39.1 Å². The number of piperidine rings is 1. The Morgan fingerprint density at radius 3 is 2.44 bits per heavy atom. The van der Waals surface area contributed by atoms with Gasteiger partial charge in [0.05, 0.1) is 6.54 Å².